The number of rotatable bonds is 2. The summed E-state index contributed by atoms with van der Waals surface area (Å²) >= 11 is 1.16. The molecule has 84 valence electrons. The molecule has 0 spiro atoms. The Labute approximate surface area is 95.4 Å². The Morgan fingerprint density at radius 1 is 1.38 bits per heavy atom. The van der Waals surface area contributed by atoms with Gasteiger partial charge in [-0.1, -0.05) is 0 Å². The number of benzene rings is 1. The number of methoxy groups -OCH3 is 2. The van der Waals surface area contributed by atoms with E-state index in [1.807, 2.05) is 0 Å². The highest BCUT2D eigenvalue weighted by Crippen LogP contribution is 2.35. The van der Waals surface area contributed by atoms with E-state index in [0.717, 1.165) is 11.3 Å². The highest BCUT2D eigenvalue weighted by atomic mass is 32.1. The fourth-order valence-corrected chi connectivity index (χ4v) is 2.51. The van der Waals surface area contributed by atoms with Crippen LogP contribution < -0.4 is 4.74 Å². The van der Waals surface area contributed by atoms with Gasteiger partial charge < -0.3 is 9.47 Å². The van der Waals surface area contributed by atoms with Crippen molar-refractivity contribution in [1.82, 2.24) is 0 Å². The average molecular weight is 240 g/mol. The molecule has 2 rings (SSSR count). The zero-order valence-electron chi connectivity index (χ0n) is 8.74. The molecule has 0 fully saturated rings. The Kier molecular flexibility index (Phi) is 2.78. The zero-order valence-corrected chi connectivity index (χ0v) is 9.56. The maximum atomic E-state index is 13.5. The minimum Gasteiger partial charge on any atom is -0.495 e. The molecule has 1 aromatic heterocycles. The molecule has 5 heteroatoms. The van der Waals surface area contributed by atoms with Gasteiger partial charge in [0.15, 0.2) is 0 Å². The van der Waals surface area contributed by atoms with Crippen LogP contribution >= 0.6 is 11.3 Å². The highest BCUT2D eigenvalue weighted by Gasteiger charge is 2.15. The van der Waals surface area contributed by atoms with Crippen LogP contribution in [0.1, 0.15) is 9.67 Å². The van der Waals surface area contributed by atoms with E-state index in [-0.39, 0.29) is 5.82 Å². The molecular weight excluding hydrogens is 231 g/mol. The Morgan fingerprint density at radius 2 is 2.12 bits per heavy atom. The molecular formula is C11H9FO3S. The summed E-state index contributed by atoms with van der Waals surface area (Å²) in [4.78, 5) is 11.7. The van der Waals surface area contributed by atoms with Gasteiger partial charge in [-0.25, -0.2) is 9.18 Å². The number of carbonyl (C=O) groups is 1. The maximum absolute atomic E-state index is 13.5. The van der Waals surface area contributed by atoms with Crippen molar-refractivity contribution in [2.24, 2.45) is 0 Å². The Bertz CT molecular complexity index is 547. The number of ether oxygens (including phenoxy) is 2. The van der Waals surface area contributed by atoms with Crippen LogP contribution in [0.3, 0.4) is 0 Å². The molecule has 0 saturated carbocycles. The van der Waals surface area contributed by atoms with Crippen molar-refractivity contribution in [2.45, 2.75) is 0 Å². The van der Waals surface area contributed by atoms with Crippen molar-refractivity contribution >= 4 is 27.4 Å². The third-order valence-electron chi connectivity index (χ3n) is 2.20. The van der Waals surface area contributed by atoms with E-state index in [4.69, 9.17) is 4.74 Å². The van der Waals surface area contributed by atoms with Crippen LogP contribution in [0.2, 0.25) is 0 Å². The van der Waals surface area contributed by atoms with E-state index < -0.39 is 5.97 Å². The number of hydrogen-bond acceptors (Lipinski definition) is 4. The van der Waals surface area contributed by atoms with Gasteiger partial charge in [-0.15, -0.1) is 11.3 Å². The van der Waals surface area contributed by atoms with E-state index in [9.17, 15) is 9.18 Å². The number of carbonyl (C=O) groups excluding carboxylic acids is 1. The van der Waals surface area contributed by atoms with Gasteiger partial charge in [0.25, 0.3) is 0 Å². The lowest BCUT2D eigenvalue weighted by molar-refractivity contribution is 0.0606. The summed E-state index contributed by atoms with van der Waals surface area (Å²) in [6, 6.07) is 4.33. The number of halogens is 1. The minimum absolute atomic E-state index is 0.362. The molecule has 0 aliphatic carbocycles. The van der Waals surface area contributed by atoms with Gasteiger partial charge in [0, 0.05) is 5.39 Å². The summed E-state index contributed by atoms with van der Waals surface area (Å²) in [7, 11) is 2.80. The second kappa shape index (κ2) is 4.09. The second-order valence-electron chi connectivity index (χ2n) is 3.09. The Balaban J connectivity index is 2.68. The fourth-order valence-electron chi connectivity index (χ4n) is 1.43. The summed E-state index contributed by atoms with van der Waals surface area (Å²) in [5.41, 5.74) is 0. The molecule has 0 atom stereocenters. The third kappa shape index (κ3) is 1.63. The molecule has 0 saturated heterocycles. The summed E-state index contributed by atoms with van der Waals surface area (Å²) in [6.45, 7) is 0. The Hall–Kier alpha value is -1.62. The van der Waals surface area contributed by atoms with Gasteiger partial charge in [0.2, 0.25) is 0 Å². The Morgan fingerprint density at radius 3 is 2.75 bits per heavy atom. The predicted octanol–water partition coefficient (Wildman–Crippen LogP) is 2.84. The molecule has 0 bridgehead atoms. The molecule has 16 heavy (non-hydrogen) atoms. The first-order chi connectivity index (χ1) is 7.67. The van der Waals surface area contributed by atoms with E-state index in [1.54, 1.807) is 0 Å². The van der Waals surface area contributed by atoms with E-state index >= 15 is 0 Å². The first kappa shape index (κ1) is 10.9. The second-order valence-corrected chi connectivity index (χ2v) is 4.15. The standard InChI is InChI=1S/C11H9FO3S/c1-14-8-4-3-7(12)6-5-9(11(13)15-2)16-10(6)8/h3-5H,1-2H3. The van der Waals surface area contributed by atoms with Crippen LogP contribution in [0.5, 0.6) is 5.75 Å². The van der Waals surface area contributed by atoms with Crippen LogP contribution in [0, 0.1) is 5.82 Å². The molecule has 0 N–H and O–H groups in total. The SMILES string of the molecule is COC(=O)c1cc2c(F)ccc(OC)c2s1. The van der Waals surface area contributed by atoms with Gasteiger partial charge in [-0.3, -0.25) is 0 Å². The quantitative estimate of drug-likeness (QED) is 0.757. The van der Waals surface area contributed by atoms with Crippen molar-refractivity contribution in [3.8, 4) is 5.75 Å². The first-order valence-corrected chi connectivity index (χ1v) is 5.33. The van der Waals surface area contributed by atoms with Crippen molar-refractivity contribution in [1.29, 1.82) is 0 Å². The number of esters is 1. The highest BCUT2D eigenvalue weighted by molar-refractivity contribution is 7.21. The molecule has 0 amide bonds. The molecule has 0 aliphatic heterocycles. The third-order valence-corrected chi connectivity index (χ3v) is 3.33. The van der Waals surface area contributed by atoms with Crippen molar-refractivity contribution < 1.29 is 18.7 Å². The van der Waals surface area contributed by atoms with Gasteiger partial charge in [0.05, 0.1) is 18.9 Å². The zero-order chi connectivity index (χ0) is 11.7. The number of thiophene rings is 1. The molecule has 0 unspecified atom stereocenters. The summed E-state index contributed by atoms with van der Waals surface area (Å²) in [5, 5.41) is 0.379. The molecule has 1 heterocycles. The van der Waals surface area contributed by atoms with Gasteiger partial charge in [0.1, 0.15) is 16.4 Å². The van der Waals surface area contributed by atoms with Crippen molar-refractivity contribution in [3.05, 3.63) is 28.9 Å². The molecule has 0 radical (unpaired) electrons. The van der Waals surface area contributed by atoms with E-state index in [2.05, 4.69) is 4.74 Å². The average Bonchev–Trinajstić information content (AvgIpc) is 2.74. The smallest absolute Gasteiger partial charge is 0.348 e. The van der Waals surface area contributed by atoms with Gasteiger partial charge >= 0.3 is 5.97 Å². The van der Waals surface area contributed by atoms with Crippen molar-refractivity contribution in [3.63, 3.8) is 0 Å². The fraction of sp³-hybridized carbons (Fsp3) is 0.182. The first-order valence-electron chi connectivity index (χ1n) is 4.51. The lowest BCUT2D eigenvalue weighted by atomic mass is 10.2. The normalized spacial score (nSPS) is 10.4. The summed E-state index contributed by atoms with van der Waals surface area (Å²) in [6.07, 6.45) is 0. The lowest BCUT2D eigenvalue weighted by Crippen LogP contribution is -1.96. The molecule has 3 nitrogen and oxygen atoms in total. The molecule has 1 aromatic carbocycles. The van der Waals surface area contributed by atoms with Crippen LogP contribution in [0.15, 0.2) is 18.2 Å². The van der Waals surface area contributed by atoms with E-state index in [1.165, 1.54) is 32.4 Å². The van der Waals surface area contributed by atoms with Gasteiger partial charge in [-0.2, -0.15) is 0 Å². The molecule has 0 aliphatic rings. The van der Waals surface area contributed by atoms with Gasteiger partial charge in [-0.05, 0) is 18.2 Å². The van der Waals surface area contributed by atoms with Crippen LogP contribution in [-0.4, -0.2) is 20.2 Å². The topological polar surface area (TPSA) is 35.5 Å². The number of hydrogen-bond donors (Lipinski definition) is 0. The monoisotopic (exact) mass is 240 g/mol. The summed E-state index contributed by atoms with van der Waals surface area (Å²) in [5.74, 6) is -0.290. The lowest BCUT2D eigenvalue weighted by Gasteiger charge is -2.00. The van der Waals surface area contributed by atoms with E-state index in [0.29, 0.717) is 20.7 Å². The van der Waals surface area contributed by atoms with Crippen LogP contribution in [-0.2, 0) is 4.74 Å². The summed E-state index contributed by atoms with van der Waals surface area (Å²) < 4.78 is 23.8. The van der Waals surface area contributed by atoms with Crippen LogP contribution in [0.25, 0.3) is 10.1 Å². The minimum atomic E-state index is -0.470. The van der Waals surface area contributed by atoms with Crippen LogP contribution in [0.4, 0.5) is 4.39 Å². The predicted molar refractivity (Wildman–Crippen MR) is 59.7 cm³/mol. The molecule has 2 aromatic rings. The van der Waals surface area contributed by atoms with Crippen molar-refractivity contribution in [2.75, 3.05) is 14.2 Å². The largest absolute Gasteiger partial charge is 0.495 e. The maximum Gasteiger partial charge on any atom is 0.348 e. The number of fused-ring (bicyclic) bond motifs is 1.